The van der Waals surface area contributed by atoms with Gasteiger partial charge in [0.1, 0.15) is 71.6 Å². The van der Waals surface area contributed by atoms with E-state index in [-0.39, 0.29) is 37.7 Å². The van der Waals surface area contributed by atoms with Crippen LogP contribution in [0.4, 0.5) is 17.3 Å². The molecule has 2 saturated heterocycles. The second-order valence-corrected chi connectivity index (χ2v) is 19.1. The van der Waals surface area contributed by atoms with Crippen molar-refractivity contribution in [3.63, 3.8) is 0 Å². The van der Waals surface area contributed by atoms with Crippen LogP contribution in [-0.4, -0.2) is 103 Å². The fourth-order valence-electron chi connectivity index (χ4n) is 9.68. The molecule has 0 radical (unpaired) electrons. The highest BCUT2D eigenvalue weighted by atomic mass is 31.2. The van der Waals surface area contributed by atoms with Crippen molar-refractivity contribution in [1.82, 2.24) is 39.0 Å². The number of imidazole rings is 2. The fraction of sp³-hybridized carbons (Fsp3) is 0.306. The molecule has 4 aromatic carbocycles. The second kappa shape index (κ2) is 18.7. The Morgan fingerprint density at radius 2 is 1.24 bits per heavy atom. The van der Waals surface area contributed by atoms with Crippen LogP contribution in [0.5, 0.6) is 11.5 Å². The van der Waals surface area contributed by atoms with Gasteiger partial charge in [0.25, 0.3) is 0 Å². The van der Waals surface area contributed by atoms with E-state index in [1.165, 1.54) is 12.7 Å². The number of fused-ring (bicyclic) bond motifs is 3. The highest BCUT2D eigenvalue weighted by Crippen LogP contribution is 2.60. The van der Waals surface area contributed by atoms with E-state index >= 15 is 4.57 Å². The normalized spacial score (nSPS) is 22.1. The first-order valence-corrected chi connectivity index (χ1v) is 24.3. The largest absolute Gasteiger partial charge is 0.497 e. The van der Waals surface area contributed by atoms with Crippen molar-refractivity contribution in [2.75, 3.05) is 50.1 Å². The van der Waals surface area contributed by atoms with Crippen LogP contribution < -0.4 is 25.6 Å². The number of benzene rings is 4. The maximum atomic E-state index is 16.0. The first-order valence-electron chi connectivity index (χ1n) is 22.8. The number of hydrogen-bond donors (Lipinski definition) is 3. The van der Waals surface area contributed by atoms with E-state index in [1.54, 1.807) is 40.7 Å². The molecule has 70 heavy (non-hydrogen) atoms. The lowest BCUT2D eigenvalue weighted by Crippen LogP contribution is -2.39. The molecule has 7 heterocycles. The first kappa shape index (κ1) is 45.4. The van der Waals surface area contributed by atoms with Gasteiger partial charge in [0.2, 0.25) is 0 Å². The molecular weight excluding hydrogens is 918 g/mol. The van der Waals surface area contributed by atoms with Crippen LogP contribution in [0.15, 0.2) is 128 Å². The maximum Gasteiger partial charge on any atom is 0.435 e. The molecule has 360 valence electrons. The van der Waals surface area contributed by atoms with E-state index in [9.17, 15) is 5.11 Å². The topological polar surface area (TPSA) is 244 Å². The third-order valence-electron chi connectivity index (χ3n) is 13.2. The zero-order valence-electron chi connectivity index (χ0n) is 38.2. The molecule has 0 aliphatic carbocycles. The number of ether oxygens (including phenoxy) is 5. The second-order valence-electron chi connectivity index (χ2n) is 17.2. The molecule has 8 aromatic rings. The number of aliphatic hydroxyl groups excluding tert-OH is 1. The third kappa shape index (κ3) is 8.16. The predicted molar refractivity (Wildman–Crippen MR) is 257 cm³/mol. The van der Waals surface area contributed by atoms with Gasteiger partial charge in [-0.25, -0.2) is 34.5 Å². The summed E-state index contributed by atoms with van der Waals surface area (Å²) in [6.07, 6.45) is 1.65. The number of hydrogen-bond acceptors (Lipinski definition) is 17. The average molecular weight is 968 g/mol. The number of para-hydroxylation sites is 1. The lowest BCUT2D eigenvalue weighted by Gasteiger charge is -2.38. The number of rotatable bonds is 16. The highest BCUT2D eigenvalue weighted by Gasteiger charge is 2.49. The minimum Gasteiger partial charge on any atom is -0.497 e. The maximum absolute atomic E-state index is 16.0. The van der Waals surface area contributed by atoms with Crippen LogP contribution in [0.3, 0.4) is 0 Å². The number of nitrogen functional groups attached to an aromatic ring is 2. The summed E-state index contributed by atoms with van der Waals surface area (Å²) in [7, 11) is -1.11. The molecule has 2 fully saturated rings. The molecule has 0 bridgehead atoms. The van der Waals surface area contributed by atoms with Crippen LogP contribution in [0.2, 0.25) is 0 Å². The van der Waals surface area contributed by atoms with Gasteiger partial charge in [-0.3, -0.25) is 22.9 Å². The van der Waals surface area contributed by atoms with Gasteiger partial charge in [-0.2, -0.15) is 0 Å². The summed E-state index contributed by atoms with van der Waals surface area (Å²) in [6.45, 7) is -0.0282. The summed E-state index contributed by atoms with van der Waals surface area (Å²) >= 11 is 0. The summed E-state index contributed by atoms with van der Waals surface area (Å²) in [4.78, 5) is 25.9. The van der Waals surface area contributed by atoms with Gasteiger partial charge in [0.05, 0.1) is 46.2 Å². The van der Waals surface area contributed by atoms with E-state index in [1.807, 2.05) is 103 Å². The van der Waals surface area contributed by atoms with Crippen molar-refractivity contribution in [2.24, 2.45) is 0 Å². The molecule has 3 aliphatic heterocycles. The van der Waals surface area contributed by atoms with E-state index in [2.05, 4.69) is 29.9 Å². The van der Waals surface area contributed by atoms with Gasteiger partial charge in [-0.05, 0) is 59.0 Å². The monoisotopic (exact) mass is 967 g/mol. The molecule has 0 amide bonds. The van der Waals surface area contributed by atoms with E-state index in [4.69, 9.17) is 44.2 Å². The number of nitrogens with zero attached hydrogens (tertiary/aromatic N) is 9. The molecule has 3 aliphatic rings. The van der Waals surface area contributed by atoms with Gasteiger partial charge >= 0.3 is 7.75 Å². The van der Waals surface area contributed by atoms with E-state index in [0.717, 1.165) is 22.3 Å². The van der Waals surface area contributed by atoms with Gasteiger partial charge in [-0.15, -0.1) is 0 Å². The lowest BCUT2D eigenvalue weighted by molar-refractivity contribution is -0.0921. The van der Waals surface area contributed by atoms with Crippen molar-refractivity contribution in [1.29, 1.82) is 0 Å². The summed E-state index contributed by atoms with van der Waals surface area (Å²) < 4.78 is 66.6. The predicted octanol–water partition coefficient (Wildman–Crippen LogP) is 6.37. The number of nitrogens with two attached hydrogens (primary N) is 2. The Kier molecular flexibility index (Phi) is 12.1. The van der Waals surface area contributed by atoms with Crippen LogP contribution in [0, 0.1) is 0 Å². The Bertz CT molecular complexity index is 3130. The van der Waals surface area contributed by atoms with Crippen molar-refractivity contribution >= 4 is 47.4 Å². The fourth-order valence-corrected chi connectivity index (χ4v) is 11.7. The molecule has 11 rings (SSSR count). The molecule has 1 unspecified atom stereocenters. The van der Waals surface area contributed by atoms with Crippen LogP contribution in [0.25, 0.3) is 22.3 Å². The Labute approximate surface area is 401 Å². The lowest BCUT2D eigenvalue weighted by atomic mass is 9.80. The van der Waals surface area contributed by atoms with Crippen LogP contribution in [0.1, 0.15) is 47.6 Å². The van der Waals surface area contributed by atoms with Crippen molar-refractivity contribution in [3.05, 3.63) is 151 Å². The molecule has 0 spiro atoms. The standard InChI is InChI=1S/C49H50N11O9P/c1-63-34-16-12-32(13-17-34)49(31-9-4-3-5-10-31,33-14-18-35(64-2)19-15-33)65-24-40-38(23-42(68-40)59-29-57-44-46(51)53-27-55-48(44)59)69-70(62,60-21-20-30-8-6-7-11-36(30)60)66-25-39-37(61)22-41(67-39)58-28-56-43-45(50)52-26-54-47(43)58/h3-19,26-29,37-42,61H,20-25H2,1-2H3,(H2,50,52,54)(H2,51,53,55)/t37-,38-,39+,40+,41+,42+,70?/m0/s1. The van der Waals surface area contributed by atoms with Gasteiger partial charge in [0, 0.05) is 25.1 Å². The van der Waals surface area contributed by atoms with Crippen molar-refractivity contribution < 1.29 is 42.4 Å². The average Bonchev–Trinajstić information content (AvgIpc) is 4.25. The summed E-state index contributed by atoms with van der Waals surface area (Å²) in [5, 5.41) is 11.4. The Morgan fingerprint density at radius 1 is 0.686 bits per heavy atom. The smallest absolute Gasteiger partial charge is 0.435 e. The quantitative estimate of drug-likeness (QED) is 0.0704. The SMILES string of the molecule is COc1ccc(C(OC[C@H]2O[C@@H](n3cnc4c(N)ncnc43)C[C@@H]2OP(=O)(OC[C@H]2O[C@@H](n3cnc4c(N)ncnc43)C[C@@H]2O)N2CCc3ccccc32)(c2ccccc2)c2ccc(OC)cc2)cc1. The van der Waals surface area contributed by atoms with Crippen molar-refractivity contribution in [3.8, 4) is 11.5 Å². The molecule has 7 atom stereocenters. The van der Waals surface area contributed by atoms with Crippen LogP contribution >= 0.6 is 7.75 Å². The minimum atomic E-state index is -4.35. The number of aliphatic hydroxyl groups is 1. The molecule has 5 N–H and O–H groups in total. The minimum absolute atomic E-state index is 0.0759. The summed E-state index contributed by atoms with van der Waals surface area (Å²) in [6, 6.07) is 33.1. The number of anilines is 3. The summed E-state index contributed by atoms with van der Waals surface area (Å²) in [5.74, 6) is 1.78. The van der Waals surface area contributed by atoms with Gasteiger partial charge in [0.15, 0.2) is 22.9 Å². The van der Waals surface area contributed by atoms with Gasteiger partial charge < -0.3 is 40.3 Å². The highest BCUT2D eigenvalue weighted by molar-refractivity contribution is 7.55. The molecule has 20 nitrogen and oxygen atoms in total. The van der Waals surface area contributed by atoms with Gasteiger partial charge in [-0.1, -0.05) is 72.8 Å². The van der Waals surface area contributed by atoms with E-state index in [0.29, 0.717) is 52.5 Å². The van der Waals surface area contributed by atoms with E-state index < -0.39 is 50.2 Å². The first-order chi connectivity index (χ1) is 34.2. The number of aromatic nitrogens is 8. The Morgan fingerprint density at radius 3 is 1.86 bits per heavy atom. The zero-order valence-corrected chi connectivity index (χ0v) is 39.1. The number of methoxy groups -OCH3 is 2. The molecule has 4 aromatic heterocycles. The third-order valence-corrected chi connectivity index (χ3v) is 15.3. The summed E-state index contributed by atoms with van der Waals surface area (Å²) in [5.41, 5.74) is 16.9. The molecular formula is C49H50N11O9P. The molecule has 0 saturated carbocycles. The molecule has 21 heteroatoms. The Balaban J connectivity index is 0.959. The Hall–Kier alpha value is -7.03. The van der Waals surface area contributed by atoms with Crippen molar-refractivity contribution in [2.45, 2.75) is 61.7 Å². The van der Waals surface area contributed by atoms with Crippen LogP contribution in [-0.2, 0) is 39.8 Å². The zero-order chi connectivity index (χ0) is 48.0.